The number of hydrogen-bond acceptors (Lipinski definition) is 5. The summed E-state index contributed by atoms with van der Waals surface area (Å²) >= 11 is 0. The molecule has 10 heteroatoms. The number of nitrogens with one attached hydrogen (secondary N) is 1. The molecule has 170 valence electrons. The van der Waals surface area contributed by atoms with Crippen LogP contribution in [0.3, 0.4) is 0 Å². The average Bonchev–Trinajstić information content (AvgIpc) is 3.20. The third-order valence-corrected chi connectivity index (χ3v) is 5.14. The molecule has 2 aromatic heterocycles. The Morgan fingerprint density at radius 3 is 2.67 bits per heavy atom. The van der Waals surface area contributed by atoms with Gasteiger partial charge in [0.15, 0.2) is 11.6 Å². The summed E-state index contributed by atoms with van der Waals surface area (Å²) in [6, 6.07) is 11.4. The van der Waals surface area contributed by atoms with E-state index in [1.807, 2.05) is 0 Å². The quantitative estimate of drug-likeness (QED) is 0.605. The second-order valence-electron chi connectivity index (χ2n) is 7.44. The summed E-state index contributed by atoms with van der Waals surface area (Å²) in [6.07, 6.45) is 0.114. The summed E-state index contributed by atoms with van der Waals surface area (Å²) in [5.74, 6) is -1.10. The predicted molar refractivity (Wildman–Crippen MR) is 113 cm³/mol. The van der Waals surface area contributed by atoms with Crippen molar-refractivity contribution >= 4 is 23.3 Å². The summed E-state index contributed by atoms with van der Waals surface area (Å²) in [7, 11) is 0. The first-order valence-corrected chi connectivity index (χ1v) is 10.1. The van der Waals surface area contributed by atoms with Gasteiger partial charge in [0, 0.05) is 37.2 Å². The fourth-order valence-electron chi connectivity index (χ4n) is 3.44. The molecular formula is C23H19F3N4O3. The van der Waals surface area contributed by atoms with Gasteiger partial charge in [-0.2, -0.15) is 13.2 Å². The number of pyridine rings is 2. The average molecular weight is 456 g/mol. The lowest BCUT2D eigenvalue weighted by Gasteiger charge is -2.18. The van der Waals surface area contributed by atoms with E-state index in [2.05, 4.69) is 15.3 Å². The third kappa shape index (κ3) is 5.28. The van der Waals surface area contributed by atoms with E-state index in [1.165, 1.54) is 23.2 Å². The van der Waals surface area contributed by atoms with E-state index < -0.39 is 29.5 Å². The molecule has 2 amide bonds. The molecule has 3 aromatic rings. The monoisotopic (exact) mass is 456 g/mol. The highest BCUT2D eigenvalue weighted by molar-refractivity contribution is 6.03. The smallest absolute Gasteiger partial charge is 0.416 e. The van der Waals surface area contributed by atoms with E-state index in [-0.39, 0.29) is 31.1 Å². The molecule has 1 aliphatic rings. The second kappa shape index (κ2) is 9.27. The lowest BCUT2D eigenvalue weighted by molar-refractivity contribution is -0.137. The van der Waals surface area contributed by atoms with E-state index in [4.69, 9.17) is 4.74 Å². The third-order valence-electron chi connectivity index (χ3n) is 5.14. The number of amides is 2. The Bertz CT molecular complexity index is 1150. The number of benzene rings is 1. The molecule has 1 aromatic carbocycles. The zero-order valence-corrected chi connectivity index (χ0v) is 17.2. The van der Waals surface area contributed by atoms with Crippen molar-refractivity contribution < 1.29 is 27.5 Å². The molecule has 0 saturated carbocycles. The zero-order chi connectivity index (χ0) is 23.4. The van der Waals surface area contributed by atoms with Gasteiger partial charge in [-0.1, -0.05) is 6.07 Å². The lowest BCUT2D eigenvalue weighted by Crippen LogP contribution is -2.28. The molecule has 1 unspecified atom stereocenters. The maximum Gasteiger partial charge on any atom is 0.416 e. The van der Waals surface area contributed by atoms with Crippen molar-refractivity contribution in [3.8, 4) is 5.75 Å². The first-order valence-electron chi connectivity index (χ1n) is 10.1. The van der Waals surface area contributed by atoms with Gasteiger partial charge >= 0.3 is 6.18 Å². The van der Waals surface area contributed by atoms with Gasteiger partial charge in [-0.25, -0.2) is 4.98 Å². The number of aromatic nitrogens is 2. The van der Waals surface area contributed by atoms with Crippen LogP contribution in [0.2, 0.25) is 0 Å². The molecule has 1 aliphatic heterocycles. The maximum atomic E-state index is 13.0. The number of carbonyl (C=O) groups excluding carboxylic acids is 2. The molecule has 1 saturated heterocycles. The number of anilines is 2. The highest BCUT2D eigenvalue weighted by atomic mass is 19.4. The van der Waals surface area contributed by atoms with Crippen LogP contribution in [0.5, 0.6) is 5.75 Å². The standard InChI is InChI=1S/C23H19F3N4O3/c24-23(25,26)17-3-1-4-18(12-17)30-13-16(11-20(30)31)22(32)29-21-19(5-2-8-28-21)33-14-15-6-9-27-10-7-15/h1-10,12,16H,11,13-14H2,(H,28,29,32). The van der Waals surface area contributed by atoms with Gasteiger partial charge in [-0.3, -0.25) is 14.6 Å². The van der Waals surface area contributed by atoms with Gasteiger partial charge in [-0.05, 0) is 48.0 Å². The Kier molecular flexibility index (Phi) is 6.25. The minimum absolute atomic E-state index is 0.0357. The number of halogens is 3. The Morgan fingerprint density at radius 1 is 1.12 bits per heavy atom. The minimum atomic E-state index is -4.53. The van der Waals surface area contributed by atoms with Gasteiger partial charge in [0.05, 0.1) is 11.5 Å². The Balaban J connectivity index is 1.43. The largest absolute Gasteiger partial charge is 0.485 e. The van der Waals surface area contributed by atoms with Crippen LogP contribution in [0.25, 0.3) is 0 Å². The summed E-state index contributed by atoms with van der Waals surface area (Å²) in [4.78, 5) is 34.5. The topological polar surface area (TPSA) is 84.4 Å². The van der Waals surface area contributed by atoms with Crippen LogP contribution < -0.4 is 15.0 Å². The van der Waals surface area contributed by atoms with E-state index in [1.54, 1.807) is 36.7 Å². The van der Waals surface area contributed by atoms with E-state index in [9.17, 15) is 22.8 Å². The van der Waals surface area contributed by atoms with Crippen molar-refractivity contribution in [1.29, 1.82) is 0 Å². The fraction of sp³-hybridized carbons (Fsp3) is 0.217. The molecule has 1 fully saturated rings. The van der Waals surface area contributed by atoms with Gasteiger partial charge < -0.3 is 15.0 Å². The molecule has 0 spiro atoms. The molecule has 3 heterocycles. The first-order chi connectivity index (χ1) is 15.8. The van der Waals surface area contributed by atoms with Crippen molar-refractivity contribution in [3.63, 3.8) is 0 Å². The summed E-state index contributed by atoms with van der Waals surface area (Å²) in [5, 5.41) is 2.67. The van der Waals surface area contributed by atoms with E-state index in [0.717, 1.165) is 17.7 Å². The molecule has 0 bridgehead atoms. The number of rotatable bonds is 6. The zero-order valence-electron chi connectivity index (χ0n) is 17.2. The van der Waals surface area contributed by atoms with Crippen molar-refractivity contribution in [2.24, 2.45) is 5.92 Å². The van der Waals surface area contributed by atoms with Gasteiger partial charge in [0.25, 0.3) is 0 Å². The Labute approximate surface area is 187 Å². The summed E-state index contributed by atoms with van der Waals surface area (Å²) in [6.45, 7) is 0.203. The molecule has 7 nitrogen and oxygen atoms in total. The minimum Gasteiger partial charge on any atom is -0.485 e. The fourth-order valence-corrected chi connectivity index (χ4v) is 3.44. The van der Waals surface area contributed by atoms with Gasteiger partial charge in [-0.15, -0.1) is 0 Å². The summed E-state index contributed by atoms with van der Waals surface area (Å²) < 4.78 is 44.8. The van der Waals surface area contributed by atoms with Crippen LogP contribution in [0.1, 0.15) is 17.5 Å². The Hall–Kier alpha value is -3.95. The predicted octanol–water partition coefficient (Wildman–Crippen LogP) is 4.07. The van der Waals surface area contributed by atoms with Gasteiger partial charge in [0.2, 0.25) is 11.8 Å². The molecule has 1 N–H and O–H groups in total. The maximum absolute atomic E-state index is 13.0. The van der Waals surface area contributed by atoms with Crippen LogP contribution in [-0.4, -0.2) is 28.3 Å². The molecule has 1 atom stereocenters. The van der Waals surface area contributed by atoms with Crippen LogP contribution in [0.4, 0.5) is 24.7 Å². The summed E-state index contributed by atoms with van der Waals surface area (Å²) in [5.41, 5.74) is 0.124. The number of nitrogens with zero attached hydrogens (tertiary/aromatic N) is 3. The van der Waals surface area contributed by atoms with Crippen molar-refractivity contribution in [2.45, 2.75) is 19.2 Å². The van der Waals surface area contributed by atoms with E-state index in [0.29, 0.717) is 5.75 Å². The number of ether oxygens (including phenoxy) is 1. The van der Waals surface area contributed by atoms with Crippen LogP contribution in [0, 0.1) is 5.92 Å². The molecule has 0 radical (unpaired) electrons. The molecule has 4 rings (SSSR count). The number of carbonyl (C=O) groups is 2. The van der Waals surface area contributed by atoms with Crippen molar-refractivity contribution in [3.05, 3.63) is 78.2 Å². The van der Waals surface area contributed by atoms with Gasteiger partial charge in [0.1, 0.15) is 6.61 Å². The second-order valence-corrected chi connectivity index (χ2v) is 7.44. The highest BCUT2D eigenvalue weighted by Gasteiger charge is 2.37. The number of hydrogen-bond donors (Lipinski definition) is 1. The van der Waals surface area contributed by atoms with Crippen LogP contribution in [-0.2, 0) is 22.4 Å². The Morgan fingerprint density at radius 2 is 1.91 bits per heavy atom. The molecular weight excluding hydrogens is 437 g/mol. The van der Waals surface area contributed by atoms with Crippen molar-refractivity contribution in [1.82, 2.24) is 9.97 Å². The van der Waals surface area contributed by atoms with Crippen molar-refractivity contribution in [2.75, 3.05) is 16.8 Å². The molecule has 0 aliphatic carbocycles. The first kappa shape index (κ1) is 22.3. The highest BCUT2D eigenvalue weighted by Crippen LogP contribution is 2.34. The SMILES string of the molecule is O=C(Nc1ncccc1OCc1ccncc1)C1CC(=O)N(c2cccc(C(F)(F)F)c2)C1. The van der Waals surface area contributed by atoms with Crippen LogP contribution in [0.15, 0.2) is 67.1 Å². The molecule has 33 heavy (non-hydrogen) atoms. The normalized spacial score (nSPS) is 16.0. The van der Waals surface area contributed by atoms with E-state index >= 15 is 0 Å². The number of alkyl halides is 3. The van der Waals surface area contributed by atoms with Crippen LogP contribution >= 0.6 is 0 Å². The lowest BCUT2D eigenvalue weighted by atomic mass is 10.1.